The van der Waals surface area contributed by atoms with Crippen LogP contribution in [0, 0.1) is 15.9 Å². The first-order valence-electron chi connectivity index (χ1n) is 3.59. The molecule has 0 atom stereocenters. The van der Waals surface area contributed by atoms with Crippen LogP contribution in [-0.4, -0.2) is 15.2 Å². The molecule has 0 aliphatic rings. The fraction of sp³-hybridized carbons (Fsp3) is 0.143. The SMILES string of the molecule is O=[N+]([O-])c1cc(F)cc(CNO)c1O. The summed E-state index contributed by atoms with van der Waals surface area (Å²) in [5, 5.41) is 27.9. The molecule has 0 fully saturated rings. The Morgan fingerprint density at radius 2 is 2.21 bits per heavy atom. The van der Waals surface area contributed by atoms with Gasteiger partial charge in [0.1, 0.15) is 5.82 Å². The Morgan fingerprint density at radius 3 is 2.71 bits per heavy atom. The second-order valence-corrected chi connectivity index (χ2v) is 2.52. The summed E-state index contributed by atoms with van der Waals surface area (Å²) in [5.74, 6) is -1.50. The summed E-state index contributed by atoms with van der Waals surface area (Å²) in [6.45, 7) is -0.273. The molecule has 0 saturated heterocycles. The Hall–Kier alpha value is -1.73. The summed E-state index contributed by atoms with van der Waals surface area (Å²) in [5.41, 5.74) is 0.858. The van der Waals surface area contributed by atoms with Crippen LogP contribution in [0.25, 0.3) is 0 Å². The minimum Gasteiger partial charge on any atom is -0.502 e. The van der Waals surface area contributed by atoms with Crippen molar-refractivity contribution in [3.8, 4) is 5.75 Å². The number of aromatic hydroxyl groups is 1. The van der Waals surface area contributed by atoms with Crippen LogP contribution in [0.3, 0.4) is 0 Å². The number of nitrogens with zero attached hydrogens (tertiary/aromatic N) is 1. The van der Waals surface area contributed by atoms with E-state index in [1.54, 1.807) is 5.48 Å². The van der Waals surface area contributed by atoms with Gasteiger partial charge >= 0.3 is 5.69 Å². The highest BCUT2D eigenvalue weighted by Gasteiger charge is 2.18. The normalized spacial score (nSPS) is 10.1. The van der Waals surface area contributed by atoms with E-state index in [2.05, 4.69) is 0 Å². The third-order valence-electron chi connectivity index (χ3n) is 1.60. The average Bonchev–Trinajstić information content (AvgIpc) is 2.10. The zero-order chi connectivity index (χ0) is 10.7. The van der Waals surface area contributed by atoms with Gasteiger partial charge in [0.05, 0.1) is 11.0 Å². The number of phenols is 1. The summed E-state index contributed by atoms with van der Waals surface area (Å²) in [4.78, 5) is 9.42. The van der Waals surface area contributed by atoms with E-state index in [1.165, 1.54) is 0 Å². The molecular formula is C7H7FN2O4. The maximum Gasteiger partial charge on any atom is 0.313 e. The number of hydroxylamine groups is 1. The number of halogens is 1. The van der Waals surface area contributed by atoms with Gasteiger partial charge in [-0.2, -0.15) is 0 Å². The number of benzene rings is 1. The maximum atomic E-state index is 12.8. The maximum absolute atomic E-state index is 12.8. The molecule has 0 spiro atoms. The number of phenolic OH excluding ortho intramolecular Hbond substituents is 1. The molecule has 0 bridgehead atoms. The lowest BCUT2D eigenvalue weighted by molar-refractivity contribution is -0.386. The molecule has 0 aliphatic heterocycles. The van der Waals surface area contributed by atoms with E-state index in [1.807, 2.05) is 0 Å². The van der Waals surface area contributed by atoms with Crippen molar-refractivity contribution in [2.75, 3.05) is 0 Å². The topological polar surface area (TPSA) is 95.6 Å². The number of nitro benzene ring substituents is 1. The van der Waals surface area contributed by atoms with Gasteiger partial charge in [-0.15, -0.1) is 0 Å². The molecule has 3 N–H and O–H groups in total. The van der Waals surface area contributed by atoms with Gasteiger partial charge in [-0.25, -0.2) is 9.87 Å². The van der Waals surface area contributed by atoms with Crippen LogP contribution in [0.5, 0.6) is 5.75 Å². The predicted octanol–water partition coefficient (Wildman–Crippen LogP) is 0.918. The van der Waals surface area contributed by atoms with Crippen molar-refractivity contribution in [1.29, 1.82) is 0 Å². The van der Waals surface area contributed by atoms with E-state index in [0.717, 1.165) is 6.07 Å². The average molecular weight is 202 g/mol. The molecule has 1 aromatic carbocycles. The van der Waals surface area contributed by atoms with E-state index >= 15 is 0 Å². The van der Waals surface area contributed by atoms with Gasteiger partial charge in [-0.1, -0.05) is 0 Å². The zero-order valence-corrected chi connectivity index (χ0v) is 6.90. The van der Waals surface area contributed by atoms with E-state index in [9.17, 15) is 19.6 Å². The Labute approximate surface area is 77.7 Å². The molecule has 0 aliphatic carbocycles. The lowest BCUT2D eigenvalue weighted by Crippen LogP contribution is -2.07. The van der Waals surface area contributed by atoms with Gasteiger partial charge in [-0.3, -0.25) is 10.1 Å². The molecule has 0 radical (unpaired) electrons. The Kier molecular flexibility index (Phi) is 2.95. The van der Waals surface area contributed by atoms with Gasteiger partial charge in [0, 0.05) is 12.1 Å². The summed E-state index contributed by atoms with van der Waals surface area (Å²) in [6, 6.07) is 1.50. The van der Waals surface area contributed by atoms with Crippen molar-refractivity contribution in [2.45, 2.75) is 6.54 Å². The molecule has 1 rings (SSSR count). The monoisotopic (exact) mass is 202 g/mol. The van der Waals surface area contributed by atoms with Crippen LogP contribution < -0.4 is 5.48 Å². The zero-order valence-electron chi connectivity index (χ0n) is 6.90. The van der Waals surface area contributed by atoms with E-state index in [0.29, 0.717) is 6.07 Å². The minimum absolute atomic E-state index is 0.0841. The standard InChI is InChI=1S/C7H7FN2O4/c8-5-1-4(3-9-12)7(11)6(2-5)10(13)14/h1-2,9,11-12H,3H2. The van der Waals surface area contributed by atoms with Crippen molar-refractivity contribution in [2.24, 2.45) is 0 Å². The molecule has 76 valence electrons. The van der Waals surface area contributed by atoms with Crippen LogP contribution in [0.4, 0.5) is 10.1 Å². The first-order chi connectivity index (χ1) is 6.56. The molecule has 0 saturated carbocycles. The predicted molar refractivity (Wildman–Crippen MR) is 43.3 cm³/mol. The second kappa shape index (κ2) is 3.99. The molecule has 0 aromatic heterocycles. The van der Waals surface area contributed by atoms with E-state index in [-0.39, 0.29) is 12.1 Å². The molecule has 14 heavy (non-hydrogen) atoms. The third kappa shape index (κ3) is 1.95. The fourth-order valence-corrected chi connectivity index (χ4v) is 0.999. The van der Waals surface area contributed by atoms with Gasteiger partial charge in [0.25, 0.3) is 0 Å². The van der Waals surface area contributed by atoms with Crippen LogP contribution in [0.2, 0.25) is 0 Å². The number of nitrogens with one attached hydrogen (secondary N) is 1. The largest absolute Gasteiger partial charge is 0.502 e. The van der Waals surface area contributed by atoms with E-state index < -0.39 is 22.2 Å². The number of hydrogen-bond acceptors (Lipinski definition) is 5. The number of nitro groups is 1. The van der Waals surface area contributed by atoms with Gasteiger partial charge in [0.15, 0.2) is 5.75 Å². The quantitative estimate of drug-likeness (QED) is 0.500. The van der Waals surface area contributed by atoms with Crippen molar-refractivity contribution in [1.82, 2.24) is 5.48 Å². The summed E-state index contributed by atoms with van der Waals surface area (Å²) >= 11 is 0. The van der Waals surface area contributed by atoms with Crippen LogP contribution >= 0.6 is 0 Å². The first-order valence-corrected chi connectivity index (χ1v) is 3.59. The Balaban J connectivity index is 3.24. The summed E-state index contributed by atoms with van der Waals surface area (Å²) in [6.07, 6.45) is 0. The van der Waals surface area contributed by atoms with Crippen LogP contribution in [-0.2, 0) is 6.54 Å². The van der Waals surface area contributed by atoms with Crippen molar-refractivity contribution in [3.63, 3.8) is 0 Å². The van der Waals surface area contributed by atoms with Gasteiger partial charge in [0.2, 0.25) is 0 Å². The molecule has 1 aromatic rings. The highest BCUT2D eigenvalue weighted by Crippen LogP contribution is 2.30. The molecule has 0 unspecified atom stereocenters. The highest BCUT2D eigenvalue weighted by molar-refractivity contribution is 5.50. The lowest BCUT2D eigenvalue weighted by atomic mass is 10.1. The van der Waals surface area contributed by atoms with Gasteiger partial charge in [-0.05, 0) is 6.07 Å². The van der Waals surface area contributed by atoms with Crippen LogP contribution in [0.15, 0.2) is 12.1 Å². The second-order valence-electron chi connectivity index (χ2n) is 2.52. The molecule has 7 heteroatoms. The van der Waals surface area contributed by atoms with Crippen molar-refractivity contribution in [3.05, 3.63) is 33.6 Å². The molecule has 6 nitrogen and oxygen atoms in total. The smallest absolute Gasteiger partial charge is 0.313 e. The molecule has 0 heterocycles. The summed E-state index contributed by atoms with van der Waals surface area (Å²) < 4.78 is 12.8. The van der Waals surface area contributed by atoms with Crippen molar-refractivity contribution >= 4 is 5.69 Å². The highest BCUT2D eigenvalue weighted by atomic mass is 19.1. The third-order valence-corrected chi connectivity index (χ3v) is 1.60. The number of hydrogen-bond donors (Lipinski definition) is 3. The van der Waals surface area contributed by atoms with Crippen LogP contribution in [0.1, 0.15) is 5.56 Å². The minimum atomic E-state index is -0.903. The van der Waals surface area contributed by atoms with Crippen molar-refractivity contribution < 1.29 is 19.6 Å². The molecular weight excluding hydrogens is 195 g/mol. The lowest BCUT2D eigenvalue weighted by Gasteiger charge is -2.03. The fourth-order valence-electron chi connectivity index (χ4n) is 0.999. The van der Waals surface area contributed by atoms with Gasteiger partial charge < -0.3 is 10.3 Å². The molecule has 0 amide bonds. The summed E-state index contributed by atoms with van der Waals surface area (Å²) in [7, 11) is 0. The van der Waals surface area contributed by atoms with E-state index in [4.69, 9.17) is 5.21 Å². The first kappa shape index (κ1) is 10.4. The Bertz CT molecular complexity index is 369. The number of rotatable bonds is 3. The Morgan fingerprint density at radius 1 is 1.57 bits per heavy atom.